The zero-order valence-electron chi connectivity index (χ0n) is 11.6. The van der Waals surface area contributed by atoms with Gasteiger partial charge in [0.15, 0.2) is 11.5 Å². The number of phenols is 1. The normalized spacial score (nSPS) is 11.1. The first-order valence-corrected chi connectivity index (χ1v) is 7.50. The third-order valence-electron chi connectivity index (χ3n) is 3.32. The third-order valence-corrected chi connectivity index (χ3v) is 4.20. The van der Waals surface area contributed by atoms with Gasteiger partial charge in [-0.2, -0.15) is 9.61 Å². The number of nitrogen functional groups attached to an aromatic ring is 1. The molecule has 0 aliphatic rings. The molecular weight excluding hydrogens is 316 g/mol. The fraction of sp³-hybridized carbons (Fsp3) is 0. The van der Waals surface area contributed by atoms with Crippen LogP contribution in [0.3, 0.4) is 0 Å². The molecule has 9 heteroatoms. The summed E-state index contributed by atoms with van der Waals surface area (Å²) in [6, 6.07) is 8.36. The Balaban J connectivity index is 1.96. The average Bonchev–Trinajstić information content (AvgIpc) is 3.18. The van der Waals surface area contributed by atoms with Gasteiger partial charge >= 0.3 is 0 Å². The number of aromatic hydroxyl groups is 1. The van der Waals surface area contributed by atoms with E-state index in [4.69, 9.17) is 5.73 Å². The molecule has 0 aliphatic carbocycles. The average molecular weight is 326 g/mol. The quantitative estimate of drug-likeness (QED) is 0.379. The number of hydrogen-bond acceptors (Lipinski definition) is 7. The minimum atomic E-state index is -0.330. The van der Waals surface area contributed by atoms with Crippen molar-refractivity contribution >= 4 is 22.8 Å². The molecular formula is C14H10N6O2S. The van der Waals surface area contributed by atoms with Crippen LogP contribution in [0.1, 0.15) is 0 Å². The second kappa shape index (κ2) is 4.92. The highest BCUT2D eigenvalue weighted by Gasteiger charge is 2.15. The number of H-pyrrole nitrogens is 1. The van der Waals surface area contributed by atoms with Gasteiger partial charge in [-0.1, -0.05) is 6.07 Å². The van der Waals surface area contributed by atoms with Gasteiger partial charge in [0.1, 0.15) is 5.75 Å². The van der Waals surface area contributed by atoms with Gasteiger partial charge in [0.25, 0.3) is 11.3 Å². The molecule has 0 fully saturated rings. The smallest absolute Gasteiger partial charge is 0.279 e. The first-order valence-electron chi connectivity index (χ1n) is 6.62. The number of nitrogens with zero attached hydrogens (tertiary/aromatic N) is 4. The Labute approximate surface area is 132 Å². The molecule has 4 aromatic rings. The van der Waals surface area contributed by atoms with E-state index in [1.807, 2.05) is 17.5 Å². The molecule has 0 atom stereocenters. The Morgan fingerprint density at radius 1 is 1.26 bits per heavy atom. The molecule has 3 aromatic heterocycles. The maximum atomic E-state index is 12.1. The standard InChI is InChI=1S/C14H10N6O2S/c15-8-6-7(3-4-9(8)21)12-17-18-14-16-13(22)11(19-20(12)14)10-2-1-5-23-10/h1-6,21H,15H2,(H,16,18,22). The van der Waals surface area contributed by atoms with Crippen molar-refractivity contribution in [3.8, 4) is 27.7 Å². The van der Waals surface area contributed by atoms with E-state index < -0.39 is 0 Å². The van der Waals surface area contributed by atoms with E-state index in [2.05, 4.69) is 20.3 Å². The molecule has 0 bridgehead atoms. The van der Waals surface area contributed by atoms with E-state index in [0.717, 1.165) is 4.88 Å². The maximum Gasteiger partial charge on any atom is 0.279 e. The van der Waals surface area contributed by atoms with Crippen LogP contribution >= 0.6 is 11.3 Å². The van der Waals surface area contributed by atoms with Crippen molar-refractivity contribution in [2.75, 3.05) is 5.73 Å². The lowest BCUT2D eigenvalue weighted by atomic mass is 10.2. The summed E-state index contributed by atoms with van der Waals surface area (Å²) in [5.74, 6) is 0.640. The molecule has 0 saturated carbocycles. The number of hydrogen-bond donors (Lipinski definition) is 3. The summed E-state index contributed by atoms with van der Waals surface area (Å²) in [6.07, 6.45) is 0. The summed E-state index contributed by atoms with van der Waals surface area (Å²) < 4.78 is 1.45. The van der Waals surface area contributed by atoms with Gasteiger partial charge in [-0.25, -0.2) is 0 Å². The lowest BCUT2D eigenvalue weighted by molar-refractivity contribution is 0.478. The number of aromatic amines is 1. The van der Waals surface area contributed by atoms with Crippen molar-refractivity contribution in [1.29, 1.82) is 0 Å². The Kier molecular flexibility index (Phi) is 2.88. The van der Waals surface area contributed by atoms with Crippen LogP contribution in [0.25, 0.3) is 27.7 Å². The summed E-state index contributed by atoms with van der Waals surface area (Å²) in [5, 5.41) is 23.7. The van der Waals surface area contributed by atoms with Gasteiger partial charge < -0.3 is 10.8 Å². The second-order valence-electron chi connectivity index (χ2n) is 4.81. The van der Waals surface area contributed by atoms with Gasteiger partial charge in [0.2, 0.25) is 0 Å². The summed E-state index contributed by atoms with van der Waals surface area (Å²) >= 11 is 1.42. The second-order valence-corrected chi connectivity index (χ2v) is 5.76. The Morgan fingerprint density at radius 2 is 2.13 bits per heavy atom. The van der Waals surface area contributed by atoms with Crippen LogP contribution in [-0.4, -0.2) is 29.9 Å². The van der Waals surface area contributed by atoms with Crippen LogP contribution in [0, 0.1) is 0 Å². The van der Waals surface area contributed by atoms with E-state index >= 15 is 0 Å². The molecule has 8 nitrogen and oxygen atoms in total. The van der Waals surface area contributed by atoms with Gasteiger partial charge in [-0.05, 0) is 29.6 Å². The first-order chi connectivity index (χ1) is 11.1. The van der Waals surface area contributed by atoms with Crippen LogP contribution in [0.2, 0.25) is 0 Å². The largest absolute Gasteiger partial charge is 0.506 e. The van der Waals surface area contributed by atoms with E-state index in [-0.39, 0.29) is 22.8 Å². The number of nitrogens with two attached hydrogens (primary N) is 1. The molecule has 0 unspecified atom stereocenters. The lowest BCUT2D eigenvalue weighted by Gasteiger charge is -2.03. The molecule has 1 aromatic carbocycles. The number of fused-ring (bicyclic) bond motifs is 1. The highest BCUT2D eigenvalue weighted by Crippen LogP contribution is 2.26. The van der Waals surface area contributed by atoms with Crippen molar-refractivity contribution in [2.45, 2.75) is 0 Å². The van der Waals surface area contributed by atoms with E-state index in [1.54, 1.807) is 12.1 Å². The number of nitrogens with one attached hydrogen (secondary N) is 1. The fourth-order valence-electron chi connectivity index (χ4n) is 2.21. The van der Waals surface area contributed by atoms with E-state index in [1.165, 1.54) is 21.9 Å². The third kappa shape index (κ3) is 2.14. The minimum absolute atomic E-state index is 0.0109. The van der Waals surface area contributed by atoms with Crippen LogP contribution in [0.5, 0.6) is 5.75 Å². The Hall–Kier alpha value is -3.20. The van der Waals surface area contributed by atoms with Gasteiger partial charge in [-0.15, -0.1) is 21.5 Å². The number of phenolic OH excluding ortho intramolecular Hbond substituents is 1. The molecule has 0 spiro atoms. The number of anilines is 1. The van der Waals surface area contributed by atoms with Crippen molar-refractivity contribution in [3.05, 3.63) is 46.1 Å². The van der Waals surface area contributed by atoms with E-state index in [0.29, 0.717) is 17.1 Å². The number of thiophene rings is 1. The summed E-state index contributed by atoms with van der Waals surface area (Å²) in [4.78, 5) is 15.5. The summed E-state index contributed by atoms with van der Waals surface area (Å²) in [6.45, 7) is 0. The van der Waals surface area contributed by atoms with Gasteiger partial charge in [-0.3, -0.25) is 9.78 Å². The maximum absolute atomic E-state index is 12.1. The topological polar surface area (TPSA) is 122 Å². The summed E-state index contributed by atoms with van der Waals surface area (Å²) in [7, 11) is 0. The lowest BCUT2D eigenvalue weighted by Crippen LogP contribution is -2.15. The highest BCUT2D eigenvalue weighted by atomic mass is 32.1. The highest BCUT2D eigenvalue weighted by molar-refractivity contribution is 7.13. The van der Waals surface area contributed by atoms with Crippen molar-refractivity contribution in [3.63, 3.8) is 0 Å². The Morgan fingerprint density at radius 3 is 2.87 bits per heavy atom. The minimum Gasteiger partial charge on any atom is -0.506 e. The van der Waals surface area contributed by atoms with Gasteiger partial charge in [0.05, 0.1) is 10.6 Å². The molecule has 23 heavy (non-hydrogen) atoms. The monoisotopic (exact) mass is 326 g/mol. The van der Waals surface area contributed by atoms with Crippen LogP contribution in [0.4, 0.5) is 5.69 Å². The van der Waals surface area contributed by atoms with Crippen molar-refractivity contribution in [2.24, 2.45) is 0 Å². The molecule has 4 rings (SSSR count). The summed E-state index contributed by atoms with van der Waals surface area (Å²) in [5.41, 5.74) is 6.53. The SMILES string of the molecule is Nc1cc(-c2nnc3[nH]c(=O)c(-c4cccs4)nn23)ccc1O. The molecule has 0 aliphatic heterocycles. The molecule has 3 heterocycles. The number of aromatic nitrogens is 5. The van der Waals surface area contributed by atoms with Crippen molar-refractivity contribution < 1.29 is 5.11 Å². The zero-order chi connectivity index (χ0) is 16.0. The van der Waals surface area contributed by atoms with Crippen LogP contribution < -0.4 is 11.3 Å². The van der Waals surface area contributed by atoms with Gasteiger partial charge in [0, 0.05) is 5.56 Å². The molecule has 0 radical (unpaired) electrons. The van der Waals surface area contributed by atoms with Crippen LogP contribution in [0.15, 0.2) is 40.5 Å². The molecule has 0 saturated heterocycles. The fourth-order valence-corrected chi connectivity index (χ4v) is 2.91. The van der Waals surface area contributed by atoms with Crippen LogP contribution in [-0.2, 0) is 0 Å². The van der Waals surface area contributed by atoms with Crippen molar-refractivity contribution in [1.82, 2.24) is 24.8 Å². The molecule has 0 amide bonds. The predicted molar refractivity (Wildman–Crippen MR) is 86.2 cm³/mol. The zero-order valence-corrected chi connectivity index (χ0v) is 12.4. The Bertz CT molecular complexity index is 1070. The number of benzene rings is 1. The predicted octanol–water partition coefficient (Wildman–Crippen LogP) is 1.50. The molecule has 114 valence electrons. The number of rotatable bonds is 2. The first kappa shape index (κ1) is 13.5. The van der Waals surface area contributed by atoms with E-state index in [9.17, 15) is 9.90 Å². The molecule has 4 N–H and O–H groups in total.